The van der Waals surface area contributed by atoms with E-state index in [1.807, 2.05) is 78.9 Å². The molecule has 6 rings (SSSR count). The van der Waals surface area contributed by atoms with Crippen molar-refractivity contribution in [3.63, 3.8) is 0 Å². The summed E-state index contributed by atoms with van der Waals surface area (Å²) in [6.45, 7) is 3.08. The molecule has 4 aromatic carbocycles. The quantitative estimate of drug-likeness (QED) is 0.259. The monoisotopic (exact) mass is 531 g/mol. The molecule has 1 aromatic heterocycles. The zero-order chi connectivity index (χ0) is 27.1. The van der Waals surface area contributed by atoms with Crippen LogP contribution < -0.4 is 10.3 Å². The normalized spacial score (nSPS) is 13.6. The van der Waals surface area contributed by atoms with Gasteiger partial charge in [-0.1, -0.05) is 66.7 Å². The Morgan fingerprint density at radius 2 is 1.55 bits per heavy atom. The third-order valence-electron chi connectivity index (χ3n) is 6.76. The van der Waals surface area contributed by atoms with Crippen LogP contribution in [0.15, 0.2) is 109 Å². The van der Waals surface area contributed by atoms with E-state index in [1.165, 1.54) is 0 Å². The number of hydrogen-bond acceptors (Lipinski definition) is 7. The Morgan fingerprint density at radius 1 is 0.850 bits per heavy atom. The molecule has 0 saturated carbocycles. The van der Waals surface area contributed by atoms with Gasteiger partial charge < -0.3 is 9.47 Å². The number of anilines is 3. The summed E-state index contributed by atoms with van der Waals surface area (Å²) in [5.41, 5.74) is 5.53. The lowest BCUT2D eigenvalue weighted by atomic mass is 10.0. The van der Waals surface area contributed by atoms with Crippen LogP contribution in [0.25, 0.3) is 22.0 Å². The summed E-state index contributed by atoms with van der Waals surface area (Å²) in [6.07, 6.45) is 1.12. The molecule has 5 aromatic rings. The molecule has 1 amide bonds. The second-order valence-corrected chi connectivity index (χ2v) is 9.41. The molecule has 40 heavy (non-hydrogen) atoms. The van der Waals surface area contributed by atoms with Crippen molar-refractivity contribution in [3.8, 4) is 11.1 Å². The van der Waals surface area contributed by atoms with E-state index in [4.69, 9.17) is 14.5 Å². The van der Waals surface area contributed by atoms with Crippen LogP contribution in [0.2, 0.25) is 0 Å². The van der Waals surface area contributed by atoms with Crippen LogP contribution in [0.1, 0.15) is 5.56 Å². The van der Waals surface area contributed by atoms with Crippen LogP contribution in [-0.2, 0) is 16.1 Å². The van der Waals surface area contributed by atoms with Crippen LogP contribution in [-0.4, -0.2) is 47.4 Å². The lowest BCUT2D eigenvalue weighted by molar-refractivity contribution is 0.0376. The molecule has 200 valence electrons. The van der Waals surface area contributed by atoms with E-state index in [-0.39, 0.29) is 6.61 Å². The number of para-hydroxylation sites is 1. The molecule has 1 aliphatic heterocycles. The predicted octanol–water partition coefficient (Wildman–Crippen LogP) is 6.43. The first-order valence-corrected chi connectivity index (χ1v) is 13.3. The second kappa shape index (κ2) is 11.9. The molecule has 0 unspecified atom stereocenters. The summed E-state index contributed by atoms with van der Waals surface area (Å²) in [7, 11) is 0. The molecule has 1 N–H and O–H groups in total. The van der Waals surface area contributed by atoms with Crippen molar-refractivity contribution in [3.05, 3.63) is 115 Å². The summed E-state index contributed by atoms with van der Waals surface area (Å²) >= 11 is 0. The highest BCUT2D eigenvalue weighted by atomic mass is 16.5. The van der Waals surface area contributed by atoms with E-state index in [0.717, 1.165) is 52.2 Å². The van der Waals surface area contributed by atoms with Gasteiger partial charge in [-0.05, 0) is 53.1 Å². The Bertz CT molecular complexity index is 1570. The number of nitrogens with zero attached hydrogens (tertiary/aromatic N) is 4. The highest BCUT2D eigenvalue weighted by molar-refractivity contribution is 5.94. The van der Waals surface area contributed by atoms with Crippen molar-refractivity contribution in [1.29, 1.82) is 0 Å². The number of benzene rings is 4. The number of fused-ring (bicyclic) bond motifs is 1. The number of morpholine rings is 1. The predicted molar refractivity (Wildman–Crippen MR) is 156 cm³/mol. The van der Waals surface area contributed by atoms with Gasteiger partial charge in [0.25, 0.3) is 0 Å². The van der Waals surface area contributed by atoms with Gasteiger partial charge in [-0.2, -0.15) is 0 Å². The van der Waals surface area contributed by atoms with Gasteiger partial charge in [0, 0.05) is 24.2 Å². The topological polar surface area (TPSA) is 79.8 Å². The minimum absolute atomic E-state index is 0.219. The third kappa shape index (κ3) is 5.78. The van der Waals surface area contributed by atoms with Crippen LogP contribution in [0, 0.1) is 0 Å². The maximum absolute atomic E-state index is 12.3. The molecular weight excluding hydrogens is 502 g/mol. The second-order valence-electron chi connectivity index (χ2n) is 9.41. The zero-order valence-electron chi connectivity index (χ0n) is 21.9. The molecule has 0 aliphatic carbocycles. The first-order valence-electron chi connectivity index (χ1n) is 13.3. The van der Waals surface area contributed by atoms with Gasteiger partial charge in [0.2, 0.25) is 0 Å². The summed E-state index contributed by atoms with van der Waals surface area (Å²) in [5, 5.41) is 8.18. The van der Waals surface area contributed by atoms with Crippen molar-refractivity contribution in [2.45, 2.75) is 6.61 Å². The van der Waals surface area contributed by atoms with Gasteiger partial charge in [0.05, 0.1) is 24.4 Å². The van der Waals surface area contributed by atoms with Crippen LogP contribution in [0.3, 0.4) is 0 Å². The van der Waals surface area contributed by atoms with E-state index >= 15 is 0 Å². The van der Waals surface area contributed by atoms with Crippen molar-refractivity contribution in [2.75, 3.05) is 36.6 Å². The highest BCUT2D eigenvalue weighted by Crippen LogP contribution is 2.34. The Kier molecular flexibility index (Phi) is 7.61. The molecule has 1 saturated heterocycles. The Balaban J connectivity index is 1.25. The van der Waals surface area contributed by atoms with Crippen LogP contribution >= 0.6 is 0 Å². The number of carbonyl (C=O) groups is 1. The van der Waals surface area contributed by atoms with Crippen LogP contribution in [0.5, 0.6) is 0 Å². The third-order valence-corrected chi connectivity index (χ3v) is 6.76. The lowest BCUT2D eigenvalue weighted by Crippen LogP contribution is -2.47. The fraction of sp³-hybridized carbons (Fsp3) is 0.156. The maximum atomic E-state index is 12.3. The molecule has 0 atom stereocenters. The van der Waals surface area contributed by atoms with Crippen molar-refractivity contribution >= 4 is 34.2 Å². The zero-order valence-corrected chi connectivity index (χ0v) is 21.9. The molecule has 0 spiro atoms. The summed E-state index contributed by atoms with van der Waals surface area (Å²) in [4.78, 5) is 21.6. The molecule has 0 bridgehead atoms. The van der Waals surface area contributed by atoms with E-state index in [0.29, 0.717) is 18.9 Å². The highest BCUT2D eigenvalue weighted by Gasteiger charge is 2.24. The number of rotatable bonds is 7. The number of aromatic nitrogens is 2. The number of nitrogens with one attached hydrogen (secondary N) is 1. The minimum atomic E-state index is -0.492. The average molecular weight is 532 g/mol. The minimum Gasteiger partial charge on any atom is -0.444 e. The lowest BCUT2D eigenvalue weighted by Gasteiger charge is -2.38. The van der Waals surface area contributed by atoms with E-state index in [1.54, 1.807) is 6.33 Å². The largest absolute Gasteiger partial charge is 0.444 e. The molecule has 0 radical (unpaired) electrons. The van der Waals surface area contributed by atoms with Gasteiger partial charge in [0.15, 0.2) is 5.82 Å². The first kappa shape index (κ1) is 25.5. The smallest absolute Gasteiger partial charge is 0.411 e. The van der Waals surface area contributed by atoms with Gasteiger partial charge in [-0.25, -0.2) is 19.8 Å². The fourth-order valence-electron chi connectivity index (χ4n) is 4.76. The Morgan fingerprint density at radius 3 is 2.30 bits per heavy atom. The fourth-order valence-corrected chi connectivity index (χ4v) is 4.76. The van der Waals surface area contributed by atoms with E-state index in [9.17, 15) is 4.79 Å². The molecule has 8 heteroatoms. The maximum Gasteiger partial charge on any atom is 0.411 e. The molecule has 1 aliphatic rings. The van der Waals surface area contributed by atoms with Crippen LogP contribution in [0.4, 0.5) is 22.0 Å². The van der Waals surface area contributed by atoms with E-state index in [2.05, 4.69) is 44.6 Å². The average Bonchev–Trinajstić information content (AvgIpc) is 3.02. The number of hydrogen-bond donors (Lipinski definition) is 1. The number of hydrazine groups is 1. The number of amides is 1. The summed E-state index contributed by atoms with van der Waals surface area (Å²) in [6, 6.07) is 33.7. The van der Waals surface area contributed by atoms with E-state index < -0.39 is 6.09 Å². The number of ether oxygens (including phenoxy) is 2. The molecule has 2 heterocycles. The standard InChI is InChI=1S/C32H29N5O3/c38-32(40-22-24-7-3-1-4-8-24)35-27-14-11-25(12-15-27)26-13-16-30-29(21-26)31(34-23-33-30)37(28-9-5-2-6-10-28)36-17-19-39-20-18-36/h1-16,21,23H,17-20,22H2,(H,35,38). The van der Waals surface area contributed by atoms with Gasteiger partial charge in [-0.3, -0.25) is 10.3 Å². The van der Waals surface area contributed by atoms with Crippen molar-refractivity contribution in [2.24, 2.45) is 0 Å². The Hall–Kier alpha value is -4.79. The van der Waals surface area contributed by atoms with Gasteiger partial charge in [-0.15, -0.1) is 0 Å². The van der Waals surface area contributed by atoms with Gasteiger partial charge >= 0.3 is 6.09 Å². The first-order chi connectivity index (χ1) is 19.7. The SMILES string of the molecule is O=C(Nc1ccc(-c2ccc3ncnc(N(c4ccccc4)N4CCOCC4)c3c2)cc1)OCc1ccccc1. The van der Waals surface area contributed by atoms with Gasteiger partial charge in [0.1, 0.15) is 12.9 Å². The van der Waals surface area contributed by atoms with Crippen molar-refractivity contribution in [1.82, 2.24) is 15.0 Å². The Labute approximate surface area is 232 Å². The summed E-state index contributed by atoms with van der Waals surface area (Å²) in [5.74, 6) is 0.819. The summed E-state index contributed by atoms with van der Waals surface area (Å²) < 4.78 is 11.0. The number of carbonyl (C=O) groups excluding carboxylic acids is 1. The molecule has 8 nitrogen and oxygen atoms in total. The molecular formula is C32H29N5O3. The molecule has 1 fully saturated rings. The van der Waals surface area contributed by atoms with Crippen molar-refractivity contribution < 1.29 is 14.3 Å².